The first-order chi connectivity index (χ1) is 12.7. The van der Waals surface area contributed by atoms with E-state index in [1.165, 1.54) is 6.07 Å². The predicted octanol–water partition coefficient (Wildman–Crippen LogP) is 5.60. The fourth-order valence-corrected chi connectivity index (χ4v) is 3.07. The molecule has 128 valence electrons. The molecule has 0 N–H and O–H groups in total. The van der Waals surface area contributed by atoms with Crippen LogP contribution in [0.3, 0.4) is 0 Å². The first-order valence-electron chi connectivity index (χ1n) is 8.55. The second kappa shape index (κ2) is 6.89. The first kappa shape index (κ1) is 16.2. The van der Waals surface area contributed by atoms with Crippen LogP contribution in [0.15, 0.2) is 94.1 Å². The van der Waals surface area contributed by atoms with E-state index in [1.54, 1.807) is 6.07 Å². The van der Waals surface area contributed by atoms with Gasteiger partial charge in [0, 0.05) is 17.5 Å². The molecule has 0 fully saturated rings. The molecular formula is C23H18O3. The lowest BCUT2D eigenvalue weighted by Crippen LogP contribution is -2.03. The molecule has 3 heteroatoms. The van der Waals surface area contributed by atoms with Crippen molar-refractivity contribution in [2.45, 2.75) is 13.0 Å². The second-order valence-electron chi connectivity index (χ2n) is 6.17. The highest BCUT2D eigenvalue weighted by atomic mass is 16.5. The Morgan fingerprint density at radius 3 is 2.27 bits per heavy atom. The summed E-state index contributed by atoms with van der Waals surface area (Å²) in [6, 6.07) is 27.0. The molecule has 0 saturated heterocycles. The van der Waals surface area contributed by atoms with E-state index in [9.17, 15) is 4.79 Å². The lowest BCUT2D eigenvalue weighted by Gasteiger charge is -2.15. The van der Waals surface area contributed by atoms with Crippen molar-refractivity contribution in [3.05, 3.63) is 101 Å². The topological polar surface area (TPSA) is 39.4 Å². The van der Waals surface area contributed by atoms with Crippen LogP contribution in [-0.4, -0.2) is 0 Å². The van der Waals surface area contributed by atoms with Crippen LogP contribution < -0.4 is 10.4 Å². The molecule has 1 aromatic heterocycles. The van der Waals surface area contributed by atoms with Gasteiger partial charge in [0.15, 0.2) is 0 Å². The standard InChI is InChI=1S/C23H18O3/c1-16(17-8-4-2-5-9-17)25-19-12-13-20-21(18-10-6-3-7-11-18)15-23(24)26-22(20)14-19/h2-16H,1H3/t16-/m0/s1. The molecule has 0 saturated carbocycles. The molecule has 0 aliphatic heterocycles. The molecule has 0 aliphatic carbocycles. The fourth-order valence-electron chi connectivity index (χ4n) is 3.07. The van der Waals surface area contributed by atoms with Gasteiger partial charge in [-0.25, -0.2) is 4.79 Å². The van der Waals surface area contributed by atoms with Gasteiger partial charge in [-0.1, -0.05) is 60.7 Å². The molecule has 4 rings (SSSR count). The van der Waals surface area contributed by atoms with E-state index in [2.05, 4.69) is 0 Å². The molecule has 3 aromatic carbocycles. The average molecular weight is 342 g/mol. The molecule has 0 bridgehead atoms. The maximum absolute atomic E-state index is 12.0. The number of hydrogen-bond acceptors (Lipinski definition) is 3. The summed E-state index contributed by atoms with van der Waals surface area (Å²) in [5, 5.41) is 0.885. The van der Waals surface area contributed by atoms with Crippen molar-refractivity contribution in [1.29, 1.82) is 0 Å². The zero-order valence-electron chi connectivity index (χ0n) is 14.4. The molecule has 1 atom stereocenters. The third kappa shape index (κ3) is 3.24. The third-order valence-corrected chi connectivity index (χ3v) is 4.38. The van der Waals surface area contributed by atoms with Crippen LogP contribution in [0.4, 0.5) is 0 Å². The van der Waals surface area contributed by atoms with Crippen LogP contribution in [0.25, 0.3) is 22.1 Å². The summed E-state index contributed by atoms with van der Waals surface area (Å²) in [4.78, 5) is 12.0. The Morgan fingerprint density at radius 1 is 0.846 bits per heavy atom. The van der Waals surface area contributed by atoms with Crippen molar-refractivity contribution in [1.82, 2.24) is 0 Å². The number of hydrogen-bond donors (Lipinski definition) is 0. The van der Waals surface area contributed by atoms with Crippen LogP contribution in [0, 0.1) is 0 Å². The molecule has 3 nitrogen and oxygen atoms in total. The summed E-state index contributed by atoms with van der Waals surface area (Å²) >= 11 is 0. The SMILES string of the molecule is C[C@H](Oc1ccc2c(-c3ccccc3)cc(=O)oc2c1)c1ccccc1. The van der Waals surface area contributed by atoms with Gasteiger partial charge >= 0.3 is 5.63 Å². The number of ether oxygens (including phenoxy) is 1. The van der Waals surface area contributed by atoms with Gasteiger partial charge < -0.3 is 9.15 Å². The molecule has 26 heavy (non-hydrogen) atoms. The van der Waals surface area contributed by atoms with E-state index in [-0.39, 0.29) is 11.7 Å². The Kier molecular flexibility index (Phi) is 4.28. The van der Waals surface area contributed by atoms with Crippen LogP contribution in [-0.2, 0) is 0 Å². The minimum atomic E-state index is -0.371. The zero-order valence-corrected chi connectivity index (χ0v) is 14.4. The molecule has 1 heterocycles. The summed E-state index contributed by atoms with van der Waals surface area (Å²) in [7, 11) is 0. The van der Waals surface area contributed by atoms with E-state index < -0.39 is 0 Å². The predicted molar refractivity (Wildman–Crippen MR) is 103 cm³/mol. The normalized spacial score (nSPS) is 12.0. The van der Waals surface area contributed by atoms with E-state index in [1.807, 2.05) is 79.7 Å². The van der Waals surface area contributed by atoms with Gasteiger partial charge in [-0.2, -0.15) is 0 Å². The Hall–Kier alpha value is -3.33. The fraction of sp³-hybridized carbons (Fsp3) is 0.0870. The van der Waals surface area contributed by atoms with Gasteiger partial charge in [0.05, 0.1) is 0 Å². The van der Waals surface area contributed by atoms with Crippen LogP contribution in [0.5, 0.6) is 5.75 Å². The molecule has 0 aliphatic rings. The second-order valence-corrected chi connectivity index (χ2v) is 6.17. The molecule has 0 amide bonds. The summed E-state index contributed by atoms with van der Waals surface area (Å²) in [5.41, 5.74) is 3.09. The van der Waals surface area contributed by atoms with Crippen molar-refractivity contribution in [2.75, 3.05) is 0 Å². The largest absolute Gasteiger partial charge is 0.486 e. The Labute approximate surface area is 151 Å². The molecule has 0 unspecified atom stereocenters. The van der Waals surface area contributed by atoms with Crippen LogP contribution >= 0.6 is 0 Å². The monoisotopic (exact) mass is 342 g/mol. The Morgan fingerprint density at radius 2 is 1.54 bits per heavy atom. The van der Waals surface area contributed by atoms with E-state index >= 15 is 0 Å². The smallest absolute Gasteiger partial charge is 0.336 e. The Bertz CT molecular complexity index is 1080. The molecule has 0 spiro atoms. The van der Waals surface area contributed by atoms with E-state index in [0.29, 0.717) is 11.3 Å². The van der Waals surface area contributed by atoms with E-state index in [4.69, 9.17) is 9.15 Å². The quantitative estimate of drug-likeness (QED) is 0.453. The van der Waals surface area contributed by atoms with Gasteiger partial charge in [0.1, 0.15) is 17.4 Å². The minimum absolute atomic E-state index is 0.0994. The molecular weight excluding hydrogens is 324 g/mol. The molecule has 0 radical (unpaired) electrons. The lowest BCUT2D eigenvalue weighted by molar-refractivity contribution is 0.227. The summed E-state index contributed by atoms with van der Waals surface area (Å²) in [6.07, 6.45) is -0.0994. The van der Waals surface area contributed by atoms with Crippen molar-refractivity contribution >= 4 is 11.0 Å². The summed E-state index contributed by atoms with van der Waals surface area (Å²) < 4.78 is 11.4. The van der Waals surface area contributed by atoms with Crippen molar-refractivity contribution in [3.8, 4) is 16.9 Å². The number of fused-ring (bicyclic) bond motifs is 1. The highest BCUT2D eigenvalue weighted by Gasteiger charge is 2.11. The Balaban J connectivity index is 1.73. The highest BCUT2D eigenvalue weighted by Crippen LogP contribution is 2.31. The summed E-state index contributed by atoms with van der Waals surface area (Å²) in [6.45, 7) is 2.00. The van der Waals surface area contributed by atoms with Crippen molar-refractivity contribution < 1.29 is 9.15 Å². The highest BCUT2D eigenvalue weighted by molar-refractivity contribution is 5.93. The summed E-state index contributed by atoms with van der Waals surface area (Å²) in [5.74, 6) is 0.669. The number of benzene rings is 3. The van der Waals surface area contributed by atoms with Crippen molar-refractivity contribution in [2.24, 2.45) is 0 Å². The number of rotatable bonds is 4. The van der Waals surface area contributed by atoms with Gasteiger partial charge in [0.25, 0.3) is 0 Å². The average Bonchev–Trinajstić information content (AvgIpc) is 2.68. The van der Waals surface area contributed by atoms with Gasteiger partial charge in [-0.3, -0.25) is 0 Å². The lowest BCUT2D eigenvalue weighted by atomic mass is 10.0. The maximum atomic E-state index is 12.0. The molecule has 4 aromatic rings. The maximum Gasteiger partial charge on any atom is 0.336 e. The first-order valence-corrected chi connectivity index (χ1v) is 8.55. The third-order valence-electron chi connectivity index (χ3n) is 4.38. The van der Waals surface area contributed by atoms with Crippen LogP contribution in [0.1, 0.15) is 18.6 Å². The van der Waals surface area contributed by atoms with Gasteiger partial charge in [0.2, 0.25) is 0 Å². The van der Waals surface area contributed by atoms with Gasteiger partial charge in [-0.15, -0.1) is 0 Å². The van der Waals surface area contributed by atoms with Gasteiger partial charge in [-0.05, 0) is 35.7 Å². The van der Waals surface area contributed by atoms with Crippen LogP contribution in [0.2, 0.25) is 0 Å². The van der Waals surface area contributed by atoms with E-state index in [0.717, 1.165) is 22.1 Å². The zero-order chi connectivity index (χ0) is 17.9. The van der Waals surface area contributed by atoms with Crippen molar-refractivity contribution in [3.63, 3.8) is 0 Å². The minimum Gasteiger partial charge on any atom is -0.486 e.